The van der Waals surface area contributed by atoms with Gasteiger partial charge in [0.15, 0.2) is 5.69 Å². The third kappa shape index (κ3) is 5.18. The number of para-hydroxylation sites is 1. The molecule has 0 N–H and O–H groups in total. The van der Waals surface area contributed by atoms with Crippen molar-refractivity contribution in [2.24, 2.45) is 0 Å². The van der Waals surface area contributed by atoms with Gasteiger partial charge in [-0.15, -0.1) is 0 Å². The summed E-state index contributed by atoms with van der Waals surface area (Å²) in [5.41, 5.74) is 2.03. The van der Waals surface area contributed by atoms with E-state index in [0.717, 1.165) is 29.1 Å². The number of carbonyl (C=O) groups excluding carboxylic acids is 1. The molecule has 37 heavy (non-hydrogen) atoms. The van der Waals surface area contributed by atoms with Crippen LogP contribution in [0.25, 0.3) is 16.9 Å². The maximum absolute atomic E-state index is 13.4. The van der Waals surface area contributed by atoms with Gasteiger partial charge in [-0.1, -0.05) is 18.2 Å². The average Bonchev–Trinajstić information content (AvgIpc) is 3.38. The summed E-state index contributed by atoms with van der Waals surface area (Å²) >= 11 is 0. The molecule has 1 aliphatic heterocycles. The highest BCUT2D eigenvalue weighted by molar-refractivity contribution is 5.94. The van der Waals surface area contributed by atoms with Crippen LogP contribution in [0.4, 0.5) is 23.2 Å². The van der Waals surface area contributed by atoms with Crippen molar-refractivity contribution in [1.82, 2.24) is 19.7 Å². The number of aromatic nitrogens is 3. The van der Waals surface area contributed by atoms with E-state index in [0.29, 0.717) is 31.9 Å². The number of benzene rings is 2. The predicted molar refractivity (Wildman–Crippen MR) is 131 cm³/mol. The monoisotopic (exact) mass is 509 g/mol. The Hall–Kier alpha value is -4.21. The van der Waals surface area contributed by atoms with Crippen molar-refractivity contribution in [2.75, 3.05) is 31.1 Å². The van der Waals surface area contributed by atoms with Crippen LogP contribution in [0.15, 0.2) is 79.1 Å². The number of hydrogen-bond acceptors (Lipinski definition) is 4. The van der Waals surface area contributed by atoms with Gasteiger partial charge in [0.2, 0.25) is 0 Å². The number of nitrogens with zero attached hydrogens (tertiary/aromatic N) is 5. The topological polar surface area (TPSA) is 54.3 Å². The summed E-state index contributed by atoms with van der Waals surface area (Å²) in [7, 11) is 0. The van der Waals surface area contributed by atoms with Gasteiger partial charge in [-0.2, -0.15) is 18.3 Å². The smallest absolute Gasteiger partial charge is 0.368 e. The lowest BCUT2D eigenvalue weighted by atomic mass is 10.1. The van der Waals surface area contributed by atoms with Crippen LogP contribution in [0.3, 0.4) is 0 Å². The molecule has 1 aliphatic rings. The highest BCUT2D eigenvalue weighted by Gasteiger charge is 2.32. The lowest BCUT2D eigenvalue weighted by Crippen LogP contribution is -2.49. The molecule has 190 valence electrons. The van der Waals surface area contributed by atoms with E-state index < -0.39 is 18.4 Å². The summed E-state index contributed by atoms with van der Waals surface area (Å²) in [6.07, 6.45) is -1.23. The average molecular weight is 510 g/mol. The van der Waals surface area contributed by atoms with Gasteiger partial charge in [-0.25, -0.2) is 9.07 Å². The Balaban J connectivity index is 1.37. The molecule has 0 atom stereocenters. The van der Waals surface area contributed by atoms with Crippen LogP contribution in [0.2, 0.25) is 0 Å². The number of rotatable bonds is 5. The first-order chi connectivity index (χ1) is 17.8. The lowest BCUT2D eigenvalue weighted by molar-refractivity contribution is -0.137. The van der Waals surface area contributed by atoms with E-state index in [1.807, 2.05) is 42.5 Å². The number of carbonyl (C=O) groups is 1. The Morgan fingerprint density at radius 3 is 2.22 bits per heavy atom. The summed E-state index contributed by atoms with van der Waals surface area (Å²) in [5, 5.41) is 4.60. The summed E-state index contributed by atoms with van der Waals surface area (Å²) in [6, 6.07) is 18.1. The van der Waals surface area contributed by atoms with E-state index in [1.54, 1.807) is 32.9 Å². The molecule has 0 radical (unpaired) electrons. The molecule has 5 rings (SSSR count). The molecule has 0 saturated carbocycles. The minimum Gasteiger partial charge on any atom is -0.368 e. The zero-order valence-corrected chi connectivity index (χ0v) is 19.7. The molecule has 0 spiro atoms. The summed E-state index contributed by atoms with van der Waals surface area (Å²) < 4.78 is 54.8. The van der Waals surface area contributed by atoms with Crippen molar-refractivity contribution < 1.29 is 22.4 Å². The van der Waals surface area contributed by atoms with Crippen LogP contribution in [-0.4, -0.2) is 51.8 Å². The van der Waals surface area contributed by atoms with Crippen molar-refractivity contribution in [1.29, 1.82) is 0 Å². The molecule has 0 bridgehead atoms. The SMILES string of the molecule is O=C(c1cc(-c2ccncc2)n(-c2ccccc2)n1)N1CCN(c2cc(CF)cc(C(F)(F)F)c2)CC1. The molecule has 1 amide bonds. The number of alkyl halides is 4. The van der Waals surface area contributed by atoms with E-state index in [4.69, 9.17) is 0 Å². The molecular weight excluding hydrogens is 486 g/mol. The van der Waals surface area contributed by atoms with Gasteiger partial charge >= 0.3 is 6.18 Å². The van der Waals surface area contributed by atoms with Crippen LogP contribution in [0, 0.1) is 0 Å². The largest absolute Gasteiger partial charge is 0.416 e. The van der Waals surface area contributed by atoms with Crippen LogP contribution < -0.4 is 4.90 Å². The molecule has 2 aromatic heterocycles. The van der Waals surface area contributed by atoms with Gasteiger partial charge < -0.3 is 9.80 Å². The summed E-state index contributed by atoms with van der Waals surface area (Å²) in [6.45, 7) is 0.232. The summed E-state index contributed by atoms with van der Waals surface area (Å²) in [5.74, 6) is -0.266. The van der Waals surface area contributed by atoms with E-state index in [9.17, 15) is 22.4 Å². The molecule has 1 fully saturated rings. The molecule has 4 aromatic rings. The number of pyridine rings is 1. The first-order valence-electron chi connectivity index (χ1n) is 11.7. The fourth-order valence-corrected chi connectivity index (χ4v) is 4.41. The first kappa shape index (κ1) is 24.5. The van der Waals surface area contributed by atoms with Crippen molar-refractivity contribution in [2.45, 2.75) is 12.9 Å². The maximum Gasteiger partial charge on any atom is 0.416 e. The molecule has 10 heteroatoms. The summed E-state index contributed by atoms with van der Waals surface area (Å²) in [4.78, 5) is 20.8. The van der Waals surface area contributed by atoms with Crippen molar-refractivity contribution >= 4 is 11.6 Å². The second-order valence-electron chi connectivity index (χ2n) is 8.70. The van der Waals surface area contributed by atoms with Crippen molar-refractivity contribution in [3.63, 3.8) is 0 Å². The Labute approximate surface area is 210 Å². The van der Waals surface area contributed by atoms with E-state index in [-0.39, 0.29) is 17.2 Å². The molecule has 2 aromatic carbocycles. The van der Waals surface area contributed by atoms with Crippen molar-refractivity contribution in [3.05, 3.63) is 95.9 Å². The van der Waals surface area contributed by atoms with Crippen LogP contribution in [-0.2, 0) is 12.9 Å². The Kier molecular flexibility index (Phi) is 6.64. The van der Waals surface area contributed by atoms with Gasteiger partial charge in [0.1, 0.15) is 6.67 Å². The van der Waals surface area contributed by atoms with Gasteiger partial charge in [-0.3, -0.25) is 9.78 Å². The number of amides is 1. The standard InChI is InChI=1S/C27H23F4N5O/c28-18-19-14-21(27(29,30)31)16-23(15-19)34-10-12-35(13-11-34)26(37)24-17-25(20-6-8-32-9-7-20)36(33-24)22-4-2-1-3-5-22/h1-9,14-17H,10-13,18H2. The number of anilines is 1. The van der Waals surface area contributed by atoms with Crippen LogP contribution in [0.5, 0.6) is 0 Å². The molecule has 6 nitrogen and oxygen atoms in total. The second-order valence-corrected chi connectivity index (χ2v) is 8.70. The quantitative estimate of drug-likeness (QED) is 0.339. The molecular formula is C27H23F4N5O. The van der Waals surface area contributed by atoms with E-state index >= 15 is 0 Å². The fraction of sp³-hybridized carbons (Fsp3) is 0.222. The van der Waals surface area contributed by atoms with Gasteiger partial charge in [0, 0.05) is 49.8 Å². The first-order valence-corrected chi connectivity index (χ1v) is 11.7. The highest BCUT2D eigenvalue weighted by Crippen LogP contribution is 2.34. The normalized spacial score (nSPS) is 14.2. The Morgan fingerprint density at radius 2 is 1.57 bits per heavy atom. The van der Waals surface area contributed by atoms with Crippen LogP contribution >= 0.6 is 0 Å². The molecule has 1 saturated heterocycles. The number of hydrogen-bond donors (Lipinski definition) is 0. The minimum atomic E-state index is -4.57. The highest BCUT2D eigenvalue weighted by atomic mass is 19.4. The molecule has 0 aliphatic carbocycles. The zero-order chi connectivity index (χ0) is 26.0. The Bertz CT molecular complexity index is 1320. The zero-order valence-electron chi connectivity index (χ0n) is 19.7. The third-order valence-electron chi connectivity index (χ3n) is 6.30. The van der Waals surface area contributed by atoms with Crippen LogP contribution in [0.1, 0.15) is 21.6 Å². The van der Waals surface area contributed by atoms with Gasteiger partial charge in [0.25, 0.3) is 5.91 Å². The second kappa shape index (κ2) is 10.0. The Morgan fingerprint density at radius 1 is 0.865 bits per heavy atom. The van der Waals surface area contributed by atoms with Crippen molar-refractivity contribution in [3.8, 4) is 16.9 Å². The third-order valence-corrected chi connectivity index (χ3v) is 6.30. The van der Waals surface area contributed by atoms with Gasteiger partial charge in [0.05, 0.1) is 16.9 Å². The molecule has 3 heterocycles. The molecule has 0 unspecified atom stereocenters. The predicted octanol–water partition coefficient (Wildman–Crippen LogP) is 5.39. The minimum absolute atomic E-state index is 0.0292. The van der Waals surface area contributed by atoms with Gasteiger partial charge in [-0.05, 0) is 54.1 Å². The lowest BCUT2D eigenvalue weighted by Gasteiger charge is -2.36. The number of halogens is 4. The van der Waals surface area contributed by atoms with E-state index in [1.165, 1.54) is 6.07 Å². The number of piperazine rings is 1. The maximum atomic E-state index is 13.4. The van der Waals surface area contributed by atoms with E-state index in [2.05, 4.69) is 10.1 Å². The fourth-order valence-electron chi connectivity index (χ4n) is 4.41.